The Morgan fingerprint density at radius 3 is 2.22 bits per heavy atom. The number of hydrogen-bond acceptors (Lipinski definition) is 2. The normalized spacial score (nSPS) is 10.4. The highest BCUT2D eigenvalue weighted by Gasteiger charge is 2.12. The first-order valence-corrected chi connectivity index (χ1v) is 6.14. The van der Waals surface area contributed by atoms with Crippen molar-refractivity contribution in [1.82, 2.24) is 0 Å². The molecule has 2 aromatic carbocycles. The molecular formula is C16H17NO. The van der Waals surface area contributed by atoms with E-state index in [0.29, 0.717) is 6.04 Å². The van der Waals surface area contributed by atoms with Gasteiger partial charge in [0.15, 0.2) is 5.78 Å². The summed E-state index contributed by atoms with van der Waals surface area (Å²) in [5, 5.41) is 3.30. The summed E-state index contributed by atoms with van der Waals surface area (Å²) in [6.07, 6.45) is 0. The van der Waals surface area contributed by atoms with Gasteiger partial charge in [0.2, 0.25) is 0 Å². The van der Waals surface area contributed by atoms with Crippen molar-refractivity contribution in [2.24, 2.45) is 0 Å². The van der Waals surface area contributed by atoms with Gasteiger partial charge in [-0.25, -0.2) is 0 Å². The summed E-state index contributed by atoms with van der Waals surface area (Å²) in [6.45, 7) is 4.12. The Kier molecular flexibility index (Phi) is 3.78. The number of rotatable bonds is 4. The largest absolute Gasteiger partial charge is 0.382 e. The molecule has 18 heavy (non-hydrogen) atoms. The second kappa shape index (κ2) is 5.50. The molecule has 0 aromatic heterocycles. The number of ketones is 1. The second-order valence-corrected chi connectivity index (χ2v) is 4.54. The number of para-hydroxylation sites is 1. The molecule has 2 nitrogen and oxygen atoms in total. The molecule has 0 saturated heterocycles. The van der Waals surface area contributed by atoms with E-state index in [-0.39, 0.29) is 5.78 Å². The van der Waals surface area contributed by atoms with Gasteiger partial charge in [0, 0.05) is 22.9 Å². The number of nitrogens with one attached hydrogen (secondary N) is 1. The Bertz CT molecular complexity index is 532. The lowest BCUT2D eigenvalue weighted by molar-refractivity contribution is 0.103. The first kappa shape index (κ1) is 12.4. The van der Waals surface area contributed by atoms with Gasteiger partial charge in [0.05, 0.1) is 0 Å². The maximum absolute atomic E-state index is 12.4. The van der Waals surface area contributed by atoms with E-state index in [9.17, 15) is 4.79 Å². The van der Waals surface area contributed by atoms with Gasteiger partial charge in [-0.15, -0.1) is 0 Å². The molecule has 92 valence electrons. The molecule has 2 aromatic rings. The van der Waals surface area contributed by atoms with E-state index in [0.717, 1.165) is 16.8 Å². The molecule has 0 aliphatic heterocycles. The molecular weight excluding hydrogens is 222 g/mol. The summed E-state index contributed by atoms with van der Waals surface area (Å²) in [5.41, 5.74) is 2.33. The molecule has 0 aliphatic rings. The molecule has 0 radical (unpaired) electrons. The zero-order valence-corrected chi connectivity index (χ0v) is 10.7. The molecule has 2 rings (SSSR count). The Hall–Kier alpha value is -2.09. The number of carbonyl (C=O) groups excluding carboxylic acids is 1. The molecule has 0 unspecified atom stereocenters. The molecule has 0 atom stereocenters. The maximum atomic E-state index is 12.4. The molecule has 2 heteroatoms. The summed E-state index contributed by atoms with van der Waals surface area (Å²) in [4.78, 5) is 12.4. The van der Waals surface area contributed by atoms with Gasteiger partial charge in [0.25, 0.3) is 0 Å². The zero-order valence-electron chi connectivity index (χ0n) is 10.7. The van der Waals surface area contributed by atoms with Crippen LogP contribution in [0.25, 0.3) is 0 Å². The van der Waals surface area contributed by atoms with Crippen LogP contribution in [0.4, 0.5) is 5.69 Å². The minimum Gasteiger partial charge on any atom is -0.382 e. The summed E-state index contributed by atoms with van der Waals surface area (Å²) in [7, 11) is 0. The van der Waals surface area contributed by atoms with Gasteiger partial charge >= 0.3 is 0 Å². The van der Waals surface area contributed by atoms with Gasteiger partial charge in [-0.3, -0.25) is 4.79 Å². The van der Waals surface area contributed by atoms with Crippen LogP contribution in [0.3, 0.4) is 0 Å². The number of carbonyl (C=O) groups is 1. The fraction of sp³-hybridized carbons (Fsp3) is 0.188. The molecule has 0 fully saturated rings. The summed E-state index contributed by atoms with van der Waals surface area (Å²) >= 11 is 0. The number of anilines is 1. The Morgan fingerprint density at radius 1 is 0.944 bits per heavy atom. The molecule has 0 amide bonds. The minimum absolute atomic E-state index is 0.0550. The Morgan fingerprint density at radius 2 is 1.56 bits per heavy atom. The van der Waals surface area contributed by atoms with Crippen LogP contribution >= 0.6 is 0 Å². The van der Waals surface area contributed by atoms with Gasteiger partial charge in [0.1, 0.15) is 0 Å². The van der Waals surface area contributed by atoms with E-state index in [1.807, 2.05) is 54.6 Å². The highest BCUT2D eigenvalue weighted by Crippen LogP contribution is 2.19. The smallest absolute Gasteiger partial charge is 0.195 e. The topological polar surface area (TPSA) is 29.1 Å². The molecule has 0 bridgehead atoms. The van der Waals surface area contributed by atoms with E-state index in [1.54, 1.807) is 0 Å². The van der Waals surface area contributed by atoms with Crippen molar-refractivity contribution in [3.8, 4) is 0 Å². The quantitative estimate of drug-likeness (QED) is 0.823. The summed E-state index contributed by atoms with van der Waals surface area (Å²) in [5.74, 6) is 0.0550. The van der Waals surface area contributed by atoms with Crippen molar-refractivity contribution in [3.63, 3.8) is 0 Å². The van der Waals surface area contributed by atoms with Crippen LogP contribution in [0.1, 0.15) is 29.8 Å². The van der Waals surface area contributed by atoms with Crippen LogP contribution in [0.5, 0.6) is 0 Å². The number of hydrogen-bond donors (Lipinski definition) is 1. The third-order valence-corrected chi connectivity index (χ3v) is 2.65. The lowest BCUT2D eigenvalue weighted by atomic mass is 10.0. The standard InChI is InChI=1S/C16H17NO/c1-12(2)17-15-11-7-6-10-14(15)16(18)13-8-4-3-5-9-13/h3-12,17H,1-2H3. The van der Waals surface area contributed by atoms with Gasteiger partial charge in [-0.2, -0.15) is 0 Å². The maximum Gasteiger partial charge on any atom is 0.195 e. The zero-order chi connectivity index (χ0) is 13.0. The highest BCUT2D eigenvalue weighted by atomic mass is 16.1. The van der Waals surface area contributed by atoms with Crippen molar-refractivity contribution < 1.29 is 4.79 Å². The van der Waals surface area contributed by atoms with Crippen LogP contribution in [-0.2, 0) is 0 Å². The molecule has 0 aliphatic carbocycles. The lowest BCUT2D eigenvalue weighted by Gasteiger charge is -2.14. The average Bonchev–Trinajstić information content (AvgIpc) is 2.39. The van der Waals surface area contributed by atoms with E-state index < -0.39 is 0 Å². The highest BCUT2D eigenvalue weighted by molar-refractivity contribution is 6.12. The van der Waals surface area contributed by atoms with Crippen molar-refractivity contribution in [2.75, 3.05) is 5.32 Å². The minimum atomic E-state index is 0.0550. The van der Waals surface area contributed by atoms with Gasteiger partial charge in [-0.1, -0.05) is 42.5 Å². The van der Waals surface area contributed by atoms with Crippen LogP contribution in [0.2, 0.25) is 0 Å². The average molecular weight is 239 g/mol. The fourth-order valence-corrected chi connectivity index (χ4v) is 1.86. The monoisotopic (exact) mass is 239 g/mol. The first-order valence-electron chi connectivity index (χ1n) is 6.14. The first-order chi connectivity index (χ1) is 8.68. The summed E-state index contributed by atoms with van der Waals surface area (Å²) in [6, 6.07) is 17.3. The SMILES string of the molecule is CC(C)Nc1ccccc1C(=O)c1ccccc1. The van der Waals surface area contributed by atoms with Crippen LogP contribution in [0.15, 0.2) is 54.6 Å². The van der Waals surface area contributed by atoms with Crippen molar-refractivity contribution in [2.45, 2.75) is 19.9 Å². The molecule has 0 saturated carbocycles. The molecule has 0 heterocycles. The second-order valence-electron chi connectivity index (χ2n) is 4.54. The van der Waals surface area contributed by atoms with Gasteiger partial charge in [-0.05, 0) is 26.0 Å². The summed E-state index contributed by atoms with van der Waals surface area (Å²) < 4.78 is 0. The Labute approximate surface area is 108 Å². The predicted octanol–water partition coefficient (Wildman–Crippen LogP) is 3.74. The molecule has 0 spiro atoms. The fourth-order valence-electron chi connectivity index (χ4n) is 1.86. The van der Waals surface area contributed by atoms with Gasteiger partial charge < -0.3 is 5.32 Å². The van der Waals surface area contributed by atoms with E-state index in [2.05, 4.69) is 19.2 Å². The van der Waals surface area contributed by atoms with Crippen LogP contribution in [0, 0.1) is 0 Å². The van der Waals surface area contributed by atoms with E-state index in [4.69, 9.17) is 0 Å². The van der Waals surface area contributed by atoms with Crippen molar-refractivity contribution in [3.05, 3.63) is 65.7 Å². The third kappa shape index (κ3) is 2.77. The van der Waals surface area contributed by atoms with Crippen LogP contribution in [-0.4, -0.2) is 11.8 Å². The molecule has 1 N–H and O–H groups in total. The third-order valence-electron chi connectivity index (χ3n) is 2.65. The lowest BCUT2D eigenvalue weighted by Crippen LogP contribution is -2.13. The van der Waals surface area contributed by atoms with Crippen molar-refractivity contribution in [1.29, 1.82) is 0 Å². The van der Waals surface area contributed by atoms with E-state index >= 15 is 0 Å². The predicted molar refractivity (Wildman–Crippen MR) is 75.1 cm³/mol. The van der Waals surface area contributed by atoms with Crippen LogP contribution < -0.4 is 5.32 Å². The van der Waals surface area contributed by atoms with E-state index in [1.165, 1.54) is 0 Å². The number of benzene rings is 2. The van der Waals surface area contributed by atoms with Crippen molar-refractivity contribution >= 4 is 11.5 Å². The Balaban J connectivity index is 2.36.